The Morgan fingerprint density at radius 2 is 2.12 bits per heavy atom. The summed E-state index contributed by atoms with van der Waals surface area (Å²) < 4.78 is 0. The van der Waals surface area contributed by atoms with Crippen molar-refractivity contribution in [1.29, 1.82) is 0 Å². The van der Waals surface area contributed by atoms with Crippen LogP contribution in [0.15, 0.2) is 23.6 Å². The van der Waals surface area contributed by atoms with Crippen molar-refractivity contribution in [1.82, 2.24) is 0 Å². The molecule has 0 aromatic rings. The Kier molecular flexibility index (Phi) is 6.68. The molecule has 0 atom stereocenters. The van der Waals surface area contributed by atoms with Crippen LogP contribution in [0.3, 0.4) is 0 Å². The highest BCUT2D eigenvalue weighted by molar-refractivity contribution is 8.02. The predicted molar refractivity (Wildman–Crippen MR) is 42.1 cm³/mol. The zero-order valence-electron chi connectivity index (χ0n) is 5.42. The lowest BCUT2D eigenvalue weighted by Gasteiger charge is -1.78. The van der Waals surface area contributed by atoms with E-state index in [4.69, 9.17) is 0 Å². The average molecular weight is 128 g/mol. The molecule has 1 heteroatoms. The lowest BCUT2D eigenvalue weighted by Crippen LogP contribution is -1.55. The molecule has 0 aromatic carbocycles. The first-order valence-electron chi connectivity index (χ1n) is 2.81. The molecule has 0 aliphatic rings. The van der Waals surface area contributed by atoms with E-state index >= 15 is 0 Å². The molecular formula is C7H12S. The van der Waals surface area contributed by atoms with Crippen LogP contribution in [0.2, 0.25) is 0 Å². The fourth-order valence-corrected chi connectivity index (χ4v) is 0.703. The van der Waals surface area contributed by atoms with Gasteiger partial charge in [0.15, 0.2) is 0 Å². The molecule has 8 heavy (non-hydrogen) atoms. The number of hydrogen-bond donors (Lipinski definition) is 0. The summed E-state index contributed by atoms with van der Waals surface area (Å²) >= 11 is 1.82. The van der Waals surface area contributed by atoms with Gasteiger partial charge in [0, 0.05) is 0 Å². The zero-order valence-corrected chi connectivity index (χ0v) is 6.24. The van der Waals surface area contributed by atoms with Gasteiger partial charge in [-0.05, 0) is 18.1 Å². The van der Waals surface area contributed by atoms with E-state index in [9.17, 15) is 0 Å². The summed E-state index contributed by atoms with van der Waals surface area (Å²) in [5, 5.41) is 2.10. The molecule has 0 aliphatic heterocycles. The number of thioether (sulfide) groups is 1. The summed E-state index contributed by atoms with van der Waals surface area (Å²) in [4.78, 5) is 0. The first-order chi connectivity index (χ1) is 3.91. The summed E-state index contributed by atoms with van der Waals surface area (Å²) in [6, 6.07) is 0. The second-order valence-corrected chi connectivity index (χ2v) is 2.49. The molecule has 0 nitrogen and oxygen atoms in total. The summed E-state index contributed by atoms with van der Waals surface area (Å²) in [5.41, 5.74) is 0. The molecule has 0 fully saturated rings. The van der Waals surface area contributed by atoms with Gasteiger partial charge in [-0.15, -0.1) is 11.8 Å². The van der Waals surface area contributed by atoms with Crippen molar-refractivity contribution in [3.8, 4) is 0 Å². The molecule has 0 amide bonds. The largest absolute Gasteiger partial charge is 0.134 e. The fourth-order valence-electron chi connectivity index (χ4n) is 0.308. The van der Waals surface area contributed by atoms with Gasteiger partial charge in [0.25, 0.3) is 0 Å². The van der Waals surface area contributed by atoms with Crippen LogP contribution in [0.25, 0.3) is 0 Å². The van der Waals surface area contributed by atoms with Gasteiger partial charge >= 0.3 is 0 Å². The van der Waals surface area contributed by atoms with Crippen LogP contribution in [0.5, 0.6) is 0 Å². The fraction of sp³-hybridized carbons (Fsp3) is 0.429. The summed E-state index contributed by atoms with van der Waals surface area (Å²) in [6.45, 7) is 4.16. The average Bonchev–Trinajstić information content (AvgIpc) is 1.81. The van der Waals surface area contributed by atoms with Crippen molar-refractivity contribution in [2.24, 2.45) is 0 Å². The Hall–Kier alpha value is -0.170. The highest BCUT2D eigenvalue weighted by Crippen LogP contribution is 1.98. The van der Waals surface area contributed by atoms with Gasteiger partial charge in [0.1, 0.15) is 0 Å². The van der Waals surface area contributed by atoms with Crippen molar-refractivity contribution < 1.29 is 0 Å². The maximum Gasteiger partial charge on any atom is -0.00544 e. The van der Waals surface area contributed by atoms with Crippen LogP contribution in [0.1, 0.15) is 13.8 Å². The summed E-state index contributed by atoms with van der Waals surface area (Å²) in [5.74, 6) is 1.16. The van der Waals surface area contributed by atoms with Crippen molar-refractivity contribution in [3.63, 3.8) is 0 Å². The van der Waals surface area contributed by atoms with Crippen LogP contribution in [-0.2, 0) is 0 Å². The van der Waals surface area contributed by atoms with Gasteiger partial charge in [-0.3, -0.25) is 0 Å². The Balaban J connectivity index is 3.07. The third kappa shape index (κ3) is 5.83. The third-order valence-electron chi connectivity index (χ3n) is 0.645. The molecule has 46 valence electrons. The second-order valence-electron chi connectivity index (χ2n) is 1.31. The predicted octanol–water partition coefficient (Wildman–Crippen LogP) is 2.83. The molecular weight excluding hydrogens is 116 g/mol. The van der Waals surface area contributed by atoms with Gasteiger partial charge in [0.05, 0.1) is 0 Å². The van der Waals surface area contributed by atoms with Crippen molar-refractivity contribution in [3.05, 3.63) is 23.6 Å². The van der Waals surface area contributed by atoms with E-state index in [2.05, 4.69) is 12.3 Å². The SMILES string of the molecule is CC=CC=CSCC. The van der Waals surface area contributed by atoms with Crippen molar-refractivity contribution in [2.45, 2.75) is 13.8 Å². The van der Waals surface area contributed by atoms with Crippen LogP contribution in [0, 0.1) is 0 Å². The Labute approximate surface area is 55.7 Å². The van der Waals surface area contributed by atoms with Crippen LogP contribution in [0.4, 0.5) is 0 Å². The molecule has 0 radical (unpaired) electrons. The summed E-state index contributed by atoms with van der Waals surface area (Å²) in [6.07, 6.45) is 6.10. The molecule has 0 N–H and O–H groups in total. The van der Waals surface area contributed by atoms with Crippen LogP contribution < -0.4 is 0 Å². The Morgan fingerprint density at radius 3 is 2.62 bits per heavy atom. The third-order valence-corrected chi connectivity index (χ3v) is 1.33. The molecule has 0 saturated heterocycles. The van der Waals surface area contributed by atoms with Gasteiger partial charge < -0.3 is 0 Å². The molecule has 0 aromatic heterocycles. The Bertz CT molecular complexity index is 82.4. The molecule has 0 saturated carbocycles. The second kappa shape index (κ2) is 6.83. The smallest absolute Gasteiger partial charge is 0.00544 e. The quantitative estimate of drug-likeness (QED) is 0.527. The minimum atomic E-state index is 1.16. The van der Waals surface area contributed by atoms with Gasteiger partial charge in [-0.2, -0.15) is 0 Å². The Morgan fingerprint density at radius 1 is 1.38 bits per heavy atom. The molecule has 0 spiro atoms. The summed E-state index contributed by atoms with van der Waals surface area (Å²) in [7, 11) is 0. The number of allylic oxidation sites excluding steroid dienone is 3. The van der Waals surface area contributed by atoms with Gasteiger partial charge in [-0.25, -0.2) is 0 Å². The molecule has 0 heterocycles. The minimum Gasteiger partial charge on any atom is -0.134 e. The highest BCUT2D eigenvalue weighted by Gasteiger charge is 1.66. The van der Waals surface area contributed by atoms with E-state index < -0.39 is 0 Å². The molecule has 0 unspecified atom stereocenters. The normalized spacial score (nSPS) is 11.8. The van der Waals surface area contributed by atoms with Crippen LogP contribution in [-0.4, -0.2) is 5.75 Å². The van der Waals surface area contributed by atoms with Gasteiger partial charge in [-0.1, -0.05) is 25.2 Å². The van der Waals surface area contributed by atoms with E-state index in [-0.39, 0.29) is 0 Å². The molecule has 0 bridgehead atoms. The monoisotopic (exact) mass is 128 g/mol. The number of rotatable bonds is 3. The molecule has 0 rings (SSSR count). The topological polar surface area (TPSA) is 0 Å². The lowest BCUT2D eigenvalue weighted by molar-refractivity contribution is 1.54. The molecule has 0 aliphatic carbocycles. The highest BCUT2D eigenvalue weighted by atomic mass is 32.2. The van der Waals surface area contributed by atoms with Crippen LogP contribution >= 0.6 is 11.8 Å². The van der Waals surface area contributed by atoms with E-state index in [1.54, 1.807) is 0 Å². The maximum atomic E-state index is 2.14. The first kappa shape index (κ1) is 7.83. The van der Waals surface area contributed by atoms with E-state index in [0.29, 0.717) is 0 Å². The minimum absolute atomic E-state index is 1.16. The van der Waals surface area contributed by atoms with Gasteiger partial charge in [0.2, 0.25) is 0 Å². The van der Waals surface area contributed by atoms with E-state index in [1.165, 1.54) is 0 Å². The zero-order chi connectivity index (χ0) is 6.24. The maximum absolute atomic E-state index is 2.14. The van der Waals surface area contributed by atoms with E-state index in [1.807, 2.05) is 36.9 Å². The lowest BCUT2D eigenvalue weighted by atomic mass is 10.5. The first-order valence-corrected chi connectivity index (χ1v) is 3.86. The number of hydrogen-bond acceptors (Lipinski definition) is 1. The standard InChI is InChI=1S/C7H12S/c1-3-5-6-7-8-4-2/h3,5-7H,4H2,1-2H3. The van der Waals surface area contributed by atoms with Crippen molar-refractivity contribution in [2.75, 3.05) is 5.75 Å². The van der Waals surface area contributed by atoms with Crippen molar-refractivity contribution >= 4 is 11.8 Å². The van der Waals surface area contributed by atoms with E-state index in [0.717, 1.165) is 5.75 Å².